The SMILES string of the molecule is [C-]#[N+]/C=C\Cc1c[nH]c2ncnc(OC(C)C)c12. The summed E-state index contributed by atoms with van der Waals surface area (Å²) >= 11 is 0. The van der Waals surface area contributed by atoms with Gasteiger partial charge in [0.2, 0.25) is 5.88 Å². The van der Waals surface area contributed by atoms with Crippen LogP contribution in [-0.4, -0.2) is 21.1 Å². The first-order valence-corrected chi connectivity index (χ1v) is 5.71. The molecule has 0 aromatic carbocycles. The van der Waals surface area contributed by atoms with E-state index in [0.717, 1.165) is 16.6 Å². The van der Waals surface area contributed by atoms with Crippen molar-refractivity contribution in [3.8, 4) is 5.88 Å². The van der Waals surface area contributed by atoms with Gasteiger partial charge in [0.25, 0.3) is 0 Å². The van der Waals surface area contributed by atoms with Crippen molar-refractivity contribution in [2.75, 3.05) is 0 Å². The lowest BCUT2D eigenvalue weighted by atomic mass is 10.2. The molecule has 0 aliphatic rings. The summed E-state index contributed by atoms with van der Waals surface area (Å²) in [7, 11) is 0. The zero-order chi connectivity index (χ0) is 13.0. The third-order valence-corrected chi connectivity index (χ3v) is 2.38. The molecule has 18 heavy (non-hydrogen) atoms. The number of rotatable bonds is 4. The van der Waals surface area contributed by atoms with Gasteiger partial charge < -0.3 is 9.72 Å². The molecule has 0 aliphatic carbocycles. The Labute approximate surface area is 105 Å². The van der Waals surface area contributed by atoms with Crippen LogP contribution in [-0.2, 0) is 6.42 Å². The highest BCUT2D eigenvalue weighted by atomic mass is 16.5. The highest BCUT2D eigenvalue weighted by molar-refractivity contribution is 5.84. The van der Waals surface area contributed by atoms with Gasteiger partial charge in [-0.2, -0.15) is 0 Å². The van der Waals surface area contributed by atoms with Crippen molar-refractivity contribution in [3.63, 3.8) is 0 Å². The summed E-state index contributed by atoms with van der Waals surface area (Å²) in [5.41, 5.74) is 1.79. The smallest absolute Gasteiger partial charge is 0.226 e. The van der Waals surface area contributed by atoms with Crippen LogP contribution in [0.1, 0.15) is 19.4 Å². The van der Waals surface area contributed by atoms with E-state index >= 15 is 0 Å². The number of hydrogen-bond acceptors (Lipinski definition) is 3. The van der Waals surface area contributed by atoms with Gasteiger partial charge in [-0.15, -0.1) is 0 Å². The van der Waals surface area contributed by atoms with Crippen LogP contribution in [0.15, 0.2) is 24.8 Å². The maximum atomic E-state index is 6.71. The second kappa shape index (κ2) is 5.32. The van der Waals surface area contributed by atoms with Crippen molar-refractivity contribution >= 4 is 11.0 Å². The highest BCUT2D eigenvalue weighted by Gasteiger charge is 2.12. The number of nitrogens with one attached hydrogen (secondary N) is 1. The van der Waals surface area contributed by atoms with E-state index in [4.69, 9.17) is 11.3 Å². The Kier molecular flexibility index (Phi) is 3.58. The molecule has 92 valence electrons. The first-order valence-electron chi connectivity index (χ1n) is 5.71. The van der Waals surface area contributed by atoms with E-state index in [9.17, 15) is 0 Å². The molecule has 5 heteroatoms. The standard InChI is InChI=1S/C13H14N4O/c1-9(2)18-13-11-10(5-4-6-14-3)7-15-12(11)16-8-17-13/h4,6-9H,5H2,1-2H3,(H,15,16,17)/b6-4-. The molecule has 0 atom stereocenters. The molecule has 1 N–H and O–H groups in total. The maximum absolute atomic E-state index is 6.71. The molecule has 2 rings (SSSR count). The third kappa shape index (κ3) is 2.48. The van der Waals surface area contributed by atoms with Crippen LogP contribution in [0.25, 0.3) is 15.9 Å². The summed E-state index contributed by atoms with van der Waals surface area (Å²) in [6.07, 6.45) is 7.33. The van der Waals surface area contributed by atoms with Crippen LogP contribution in [0.2, 0.25) is 0 Å². The fourth-order valence-corrected chi connectivity index (χ4v) is 1.70. The Morgan fingerprint density at radius 2 is 2.33 bits per heavy atom. The molecule has 0 saturated carbocycles. The molecule has 0 amide bonds. The largest absolute Gasteiger partial charge is 0.474 e. The topological polar surface area (TPSA) is 55.2 Å². The van der Waals surface area contributed by atoms with Crippen molar-refractivity contribution in [3.05, 3.63) is 41.8 Å². The summed E-state index contributed by atoms with van der Waals surface area (Å²) < 4.78 is 5.68. The molecule has 0 bridgehead atoms. The predicted octanol–water partition coefficient (Wildman–Crippen LogP) is 2.72. The van der Waals surface area contributed by atoms with Crippen LogP contribution in [0, 0.1) is 6.57 Å². The Hall–Kier alpha value is -2.35. The fraction of sp³-hybridized carbons (Fsp3) is 0.308. The van der Waals surface area contributed by atoms with Gasteiger partial charge in [0.05, 0.1) is 18.1 Å². The van der Waals surface area contributed by atoms with Gasteiger partial charge in [-0.1, -0.05) is 6.08 Å². The lowest BCUT2D eigenvalue weighted by molar-refractivity contribution is 0.235. The zero-order valence-corrected chi connectivity index (χ0v) is 10.3. The molecule has 0 spiro atoms. The van der Waals surface area contributed by atoms with Gasteiger partial charge in [0.1, 0.15) is 12.0 Å². The Morgan fingerprint density at radius 1 is 1.50 bits per heavy atom. The molecular weight excluding hydrogens is 228 g/mol. The number of aromatic amines is 1. The lowest BCUT2D eigenvalue weighted by Gasteiger charge is -2.09. The molecule has 2 aromatic rings. The number of nitrogens with zero attached hydrogens (tertiary/aromatic N) is 3. The van der Waals surface area contributed by atoms with E-state index in [1.165, 1.54) is 12.5 Å². The number of hydrogen-bond donors (Lipinski definition) is 1. The van der Waals surface area contributed by atoms with Gasteiger partial charge in [-0.3, -0.25) is 0 Å². The van der Waals surface area contributed by atoms with E-state index < -0.39 is 0 Å². The number of H-pyrrole nitrogens is 1. The van der Waals surface area contributed by atoms with Crippen molar-refractivity contribution in [2.45, 2.75) is 26.4 Å². The fourth-order valence-electron chi connectivity index (χ4n) is 1.70. The molecular formula is C13H14N4O. The summed E-state index contributed by atoms with van der Waals surface area (Å²) in [6, 6.07) is 0. The van der Waals surface area contributed by atoms with E-state index in [2.05, 4.69) is 19.8 Å². The summed E-state index contributed by atoms with van der Waals surface area (Å²) in [6.45, 7) is 10.6. The predicted molar refractivity (Wildman–Crippen MR) is 69.1 cm³/mol. The van der Waals surface area contributed by atoms with Crippen LogP contribution in [0.4, 0.5) is 0 Å². The van der Waals surface area contributed by atoms with Gasteiger partial charge in [0.15, 0.2) is 6.20 Å². The van der Waals surface area contributed by atoms with Crippen molar-refractivity contribution in [2.24, 2.45) is 0 Å². The summed E-state index contributed by atoms with van der Waals surface area (Å²) in [5.74, 6) is 0.586. The van der Waals surface area contributed by atoms with Gasteiger partial charge in [-0.25, -0.2) is 14.8 Å². The average molecular weight is 242 g/mol. The third-order valence-electron chi connectivity index (χ3n) is 2.38. The van der Waals surface area contributed by atoms with Crippen LogP contribution in [0.5, 0.6) is 5.88 Å². The highest BCUT2D eigenvalue weighted by Crippen LogP contribution is 2.26. The van der Waals surface area contributed by atoms with E-state index in [0.29, 0.717) is 12.3 Å². The number of aromatic nitrogens is 3. The Bertz CT molecular complexity index is 607. The number of fused-ring (bicyclic) bond motifs is 1. The van der Waals surface area contributed by atoms with Crippen LogP contribution in [0.3, 0.4) is 0 Å². The van der Waals surface area contributed by atoms with Gasteiger partial charge in [0, 0.05) is 6.20 Å². The van der Waals surface area contributed by atoms with Gasteiger partial charge >= 0.3 is 0 Å². The summed E-state index contributed by atoms with van der Waals surface area (Å²) in [4.78, 5) is 14.6. The zero-order valence-electron chi connectivity index (χ0n) is 10.3. The monoisotopic (exact) mass is 242 g/mol. The normalized spacial score (nSPS) is 11.2. The van der Waals surface area contributed by atoms with Gasteiger partial charge in [-0.05, 0) is 25.8 Å². The molecule has 0 saturated heterocycles. The number of allylic oxidation sites excluding steroid dienone is 1. The average Bonchev–Trinajstić information content (AvgIpc) is 2.73. The summed E-state index contributed by atoms with van der Waals surface area (Å²) in [5, 5.41) is 0.890. The maximum Gasteiger partial charge on any atom is 0.226 e. The van der Waals surface area contributed by atoms with E-state index in [1.54, 1.807) is 0 Å². The van der Waals surface area contributed by atoms with E-state index in [1.807, 2.05) is 26.1 Å². The van der Waals surface area contributed by atoms with Crippen LogP contribution >= 0.6 is 0 Å². The van der Waals surface area contributed by atoms with Crippen molar-refractivity contribution in [1.82, 2.24) is 15.0 Å². The molecule has 5 nitrogen and oxygen atoms in total. The second-order valence-corrected chi connectivity index (χ2v) is 4.10. The first-order chi connectivity index (χ1) is 8.72. The number of ether oxygens (including phenoxy) is 1. The molecule has 0 aliphatic heterocycles. The minimum Gasteiger partial charge on any atom is -0.474 e. The van der Waals surface area contributed by atoms with Crippen molar-refractivity contribution in [1.29, 1.82) is 0 Å². The van der Waals surface area contributed by atoms with Crippen molar-refractivity contribution < 1.29 is 4.74 Å². The first kappa shape index (κ1) is 12.1. The molecule has 0 fully saturated rings. The quantitative estimate of drug-likeness (QED) is 0.839. The molecule has 0 unspecified atom stereocenters. The second-order valence-electron chi connectivity index (χ2n) is 4.10. The minimum absolute atomic E-state index is 0.0598. The molecule has 2 heterocycles. The van der Waals surface area contributed by atoms with E-state index in [-0.39, 0.29) is 6.10 Å². The molecule has 2 aromatic heterocycles. The Balaban J connectivity index is 2.42. The Morgan fingerprint density at radius 3 is 3.06 bits per heavy atom. The molecule has 0 radical (unpaired) electrons. The van der Waals surface area contributed by atoms with Crippen LogP contribution < -0.4 is 4.74 Å². The lowest BCUT2D eigenvalue weighted by Crippen LogP contribution is -2.07. The minimum atomic E-state index is 0.0598.